The molecule has 3 aromatic carbocycles. The first kappa shape index (κ1) is 26.7. The molecule has 0 spiro atoms. The molecule has 0 heterocycles. The van der Waals surface area contributed by atoms with Gasteiger partial charge < -0.3 is 14.8 Å². The van der Waals surface area contributed by atoms with Crippen molar-refractivity contribution in [2.24, 2.45) is 0 Å². The van der Waals surface area contributed by atoms with Crippen molar-refractivity contribution in [2.45, 2.75) is 31.2 Å². The van der Waals surface area contributed by atoms with Crippen molar-refractivity contribution < 1.29 is 27.5 Å². The number of hydrogen-bond donors (Lipinski definition) is 1. The Kier molecular flexibility index (Phi) is 9.08. The van der Waals surface area contributed by atoms with Crippen LogP contribution in [0, 0.1) is 6.92 Å². The van der Waals surface area contributed by atoms with Crippen LogP contribution >= 0.6 is 0 Å². The molecule has 0 aliphatic heterocycles. The second-order valence-corrected chi connectivity index (χ2v) is 9.92. The number of methoxy groups -OCH3 is 1. The maximum Gasteiger partial charge on any atom is 0.328 e. The highest BCUT2D eigenvalue weighted by Gasteiger charge is 2.31. The molecule has 0 bridgehead atoms. The second kappa shape index (κ2) is 12.2. The Morgan fingerprint density at radius 3 is 2.22 bits per heavy atom. The number of sulfonamides is 1. The van der Waals surface area contributed by atoms with Gasteiger partial charge >= 0.3 is 5.97 Å². The fourth-order valence-corrected chi connectivity index (χ4v) is 5.06. The van der Waals surface area contributed by atoms with Gasteiger partial charge in [-0.2, -0.15) is 0 Å². The molecule has 0 unspecified atom stereocenters. The molecule has 0 saturated carbocycles. The number of para-hydroxylation sites is 2. The first-order valence-corrected chi connectivity index (χ1v) is 12.9. The van der Waals surface area contributed by atoms with E-state index in [4.69, 9.17) is 9.47 Å². The van der Waals surface area contributed by atoms with Gasteiger partial charge in [-0.25, -0.2) is 13.2 Å². The zero-order chi connectivity index (χ0) is 26.1. The number of carbonyl (C=O) groups is 2. The van der Waals surface area contributed by atoms with Crippen molar-refractivity contribution in [3.63, 3.8) is 0 Å². The van der Waals surface area contributed by atoms with Crippen molar-refractivity contribution in [3.05, 3.63) is 90.0 Å². The lowest BCUT2D eigenvalue weighted by Crippen LogP contribution is -2.48. The average molecular weight is 511 g/mol. The van der Waals surface area contributed by atoms with E-state index in [-0.39, 0.29) is 29.4 Å². The Labute approximate surface area is 211 Å². The number of ether oxygens (including phenoxy) is 2. The van der Waals surface area contributed by atoms with Gasteiger partial charge in [-0.3, -0.25) is 9.10 Å². The van der Waals surface area contributed by atoms with Gasteiger partial charge in [0, 0.05) is 6.42 Å². The molecule has 0 aromatic heterocycles. The minimum atomic E-state index is -4.15. The third-order valence-electron chi connectivity index (χ3n) is 5.44. The molecule has 0 fully saturated rings. The molecule has 0 aliphatic rings. The van der Waals surface area contributed by atoms with Crippen LogP contribution in [-0.2, 0) is 30.8 Å². The van der Waals surface area contributed by atoms with Crippen LogP contribution in [0.1, 0.15) is 18.1 Å². The van der Waals surface area contributed by atoms with Crippen LogP contribution in [0.5, 0.6) is 5.75 Å². The molecule has 0 saturated heterocycles. The summed E-state index contributed by atoms with van der Waals surface area (Å²) in [6.45, 7) is 3.11. The third kappa shape index (κ3) is 6.63. The van der Waals surface area contributed by atoms with E-state index < -0.39 is 34.5 Å². The number of hydrogen-bond acceptors (Lipinski definition) is 6. The van der Waals surface area contributed by atoms with Gasteiger partial charge in [-0.1, -0.05) is 60.2 Å². The summed E-state index contributed by atoms with van der Waals surface area (Å²) in [5, 5.41) is 2.66. The van der Waals surface area contributed by atoms with Crippen molar-refractivity contribution in [3.8, 4) is 5.75 Å². The van der Waals surface area contributed by atoms with Crippen LogP contribution in [0.3, 0.4) is 0 Å². The lowest BCUT2D eigenvalue weighted by atomic mass is 10.1. The van der Waals surface area contributed by atoms with Crippen LogP contribution in [-0.4, -0.2) is 46.6 Å². The number of aryl methyl sites for hydroxylation is 1. The third-order valence-corrected chi connectivity index (χ3v) is 7.21. The van der Waals surface area contributed by atoms with Gasteiger partial charge in [-0.15, -0.1) is 0 Å². The van der Waals surface area contributed by atoms with E-state index in [1.807, 2.05) is 37.3 Å². The number of benzene rings is 3. The van der Waals surface area contributed by atoms with Gasteiger partial charge in [0.05, 0.1) is 24.3 Å². The largest absolute Gasteiger partial charge is 0.495 e. The summed E-state index contributed by atoms with van der Waals surface area (Å²) in [4.78, 5) is 25.8. The lowest BCUT2D eigenvalue weighted by Gasteiger charge is -2.26. The zero-order valence-electron chi connectivity index (χ0n) is 20.5. The molecule has 0 radical (unpaired) electrons. The molecule has 3 aromatic rings. The topological polar surface area (TPSA) is 102 Å². The summed E-state index contributed by atoms with van der Waals surface area (Å²) in [6.07, 6.45) is 0.199. The smallest absolute Gasteiger partial charge is 0.328 e. The summed E-state index contributed by atoms with van der Waals surface area (Å²) in [5.74, 6) is -0.974. The van der Waals surface area contributed by atoms with E-state index in [9.17, 15) is 18.0 Å². The van der Waals surface area contributed by atoms with Gasteiger partial charge in [0.25, 0.3) is 10.0 Å². The first-order valence-electron chi connectivity index (χ1n) is 11.5. The maximum absolute atomic E-state index is 13.7. The number of nitrogens with zero attached hydrogens (tertiary/aromatic N) is 1. The molecular weight excluding hydrogens is 480 g/mol. The highest BCUT2D eigenvalue weighted by Crippen LogP contribution is 2.32. The van der Waals surface area contributed by atoms with Crippen LogP contribution < -0.4 is 14.4 Å². The molecule has 8 nitrogen and oxygen atoms in total. The van der Waals surface area contributed by atoms with Crippen molar-refractivity contribution >= 4 is 27.6 Å². The predicted octanol–water partition coefficient (Wildman–Crippen LogP) is 3.49. The number of carbonyl (C=O) groups excluding carboxylic acids is 2. The Bertz CT molecular complexity index is 1280. The standard InChI is InChI=1S/C27H30N2O6S/c1-4-35-27(31)23(18-21-10-6-5-7-11-21)28-26(30)19-29(24-12-8-9-13-25(24)34-3)36(32,33)22-16-14-20(2)15-17-22/h5-17,23H,4,18-19H2,1-3H3,(H,28,30)/t23-/m1/s1. The summed E-state index contributed by atoms with van der Waals surface area (Å²) in [7, 11) is -2.72. The Hall–Kier alpha value is -3.85. The highest BCUT2D eigenvalue weighted by molar-refractivity contribution is 7.92. The summed E-state index contributed by atoms with van der Waals surface area (Å²) < 4.78 is 38.8. The van der Waals surface area contributed by atoms with Gasteiger partial charge in [0.15, 0.2) is 0 Å². The summed E-state index contributed by atoms with van der Waals surface area (Å²) >= 11 is 0. The number of rotatable bonds is 11. The molecule has 0 aliphatic carbocycles. The highest BCUT2D eigenvalue weighted by atomic mass is 32.2. The van der Waals surface area contributed by atoms with Crippen LogP contribution in [0.15, 0.2) is 83.8 Å². The van der Waals surface area contributed by atoms with E-state index in [0.717, 1.165) is 15.4 Å². The molecule has 1 amide bonds. The first-order chi connectivity index (χ1) is 17.3. The Balaban J connectivity index is 1.93. The maximum atomic E-state index is 13.7. The van der Waals surface area contributed by atoms with Gasteiger partial charge in [0.1, 0.15) is 18.3 Å². The number of esters is 1. The molecule has 36 heavy (non-hydrogen) atoms. The van der Waals surface area contributed by atoms with Gasteiger partial charge in [0.2, 0.25) is 5.91 Å². The SMILES string of the molecule is CCOC(=O)[C@@H](Cc1ccccc1)NC(=O)CN(c1ccccc1OC)S(=O)(=O)c1ccc(C)cc1. The fraction of sp³-hybridized carbons (Fsp3) is 0.259. The Morgan fingerprint density at radius 2 is 1.58 bits per heavy atom. The molecule has 3 rings (SSSR count). The zero-order valence-corrected chi connectivity index (χ0v) is 21.3. The predicted molar refractivity (Wildman–Crippen MR) is 137 cm³/mol. The minimum absolute atomic E-state index is 0.0260. The molecular formula is C27H30N2O6S. The molecule has 190 valence electrons. The van der Waals surface area contributed by atoms with Crippen molar-refractivity contribution in [1.82, 2.24) is 5.32 Å². The van der Waals surface area contributed by atoms with Crippen LogP contribution in [0.25, 0.3) is 0 Å². The van der Waals surface area contributed by atoms with Crippen LogP contribution in [0.4, 0.5) is 5.69 Å². The summed E-state index contributed by atoms with van der Waals surface area (Å²) in [6, 6.07) is 21.1. The molecule has 1 atom stereocenters. The van der Waals surface area contributed by atoms with E-state index in [2.05, 4.69) is 5.32 Å². The monoisotopic (exact) mass is 510 g/mol. The van der Waals surface area contributed by atoms with Crippen LogP contribution in [0.2, 0.25) is 0 Å². The lowest BCUT2D eigenvalue weighted by molar-refractivity contribution is -0.147. The van der Waals surface area contributed by atoms with Crippen molar-refractivity contribution in [2.75, 3.05) is 24.6 Å². The van der Waals surface area contributed by atoms with E-state index in [0.29, 0.717) is 0 Å². The fourth-order valence-electron chi connectivity index (χ4n) is 3.63. The van der Waals surface area contributed by atoms with Gasteiger partial charge in [-0.05, 0) is 43.7 Å². The van der Waals surface area contributed by atoms with E-state index in [1.54, 1.807) is 43.3 Å². The number of nitrogens with one attached hydrogen (secondary N) is 1. The quantitative estimate of drug-likeness (QED) is 0.396. The normalized spacial score (nSPS) is 11.9. The number of anilines is 1. The number of amides is 1. The van der Waals surface area contributed by atoms with E-state index >= 15 is 0 Å². The minimum Gasteiger partial charge on any atom is -0.495 e. The molecule has 9 heteroatoms. The average Bonchev–Trinajstić information content (AvgIpc) is 2.88. The molecule has 1 N–H and O–H groups in total. The summed E-state index contributed by atoms with van der Waals surface area (Å²) in [5.41, 5.74) is 1.92. The van der Waals surface area contributed by atoms with E-state index in [1.165, 1.54) is 19.2 Å². The second-order valence-electron chi connectivity index (χ2n) is 8.06. The van der Waals surface area contributed by atoms with Crippen molar-refractivity contribution in [1.29, 1.82) is 0 Å². The Morgan fingerprint density at radius 1 is 0.944 bits per heavy atom.